The zero-order valence-corrected chi connectivity index (χ0v) is 19.1. The van der Waals surface area contributed by atoms with Crippen molar-refractivity contribution in [2.75, 3.05) is 11.5 Å². The molecule has 1 aromatic carbocycles. The summed E-state index contributed by atoms with van der Waals surface area (Å²) in [6.07, 6.45) is 2.66. The summed E-state index contributed by atoms with van der Waals surface area (Å²) in [6.45, 7) is 2.04. The number of nitrogens with zero attached hydrogens (tertiary/aromatic N) is 4. The second kappa shape index (κ2) is 7.24. The highest BCUT2D eigenvalue weighted by atomic mass is 35.5. The summed E-state index contributed by atoms with van der Waals surface area (Å²) in [5.74, 6) is 0.147. The fraction of sp³-hybridized carbons (Fsp3) is 0.375. The molecule has 0 saturated heterocycles. The van der Waals surface area contributed by atoms with Gasteiger partial charge in [-0.3, -0.25) is 0 Å². The topological polar surface area (TPSA) is 136 Å². The van der Waals surface area contributed by atoms with Crippen LogP contribution >= 0.6 is 11.6 Å². The molecule has 0 aliphatic heterocycles. The van der Waals surface area contributed by atoms with Crippen LogP contribution in [0.15, 0.2) is 36.8 Å². The number of nitrogen functional groups attached to an aromatic ring is 2. The van der Waals surface area contributed by atoms with Crippen LogP contribution in [0.2, 0.25) is 5.02 Å². The third kappa shape index (κ3) is 2.87. The molecule has 6 atom stereocenters. The van der Waals surface area contributed by atoms with Gasteiger partial charge in [-0.1, -0.05) is 18.5 Å². The molecule has 2 saturated carbocycles. The predicted molar refractivity (Wildman–Crippen MR) is 128 cm³/mol. The first kappa shape index (κ1) is 21.5. The summed E-state index contributed by atoms with van der Waals surface area (Å²) in [7, 11) is 0. The molecule has 3 heterocycles. The Hall–Kier alpha value is -3.01. The summed E-state index contributed by atoms with van der Waals surface area (Å²) < 4.78 is 16.7. The predicted octanol–water partition coefficient (Wildman–Crippen LogP) is 3.10. The fourth-order valence-electron chi connectivity index (χ4n) is 6.23. The van der Waals surface area contributed by atoms with Gasteiger partial charge in [0.25, 0.3) is 0 Å². The molecule has 0 spiro atoms. The first-order valence-corrected chi connectivity index (χ1v) is 11.6. The summed E-state index contributed by atoms with van der Waals surface area (Å²) in [6, 6.07) is 6.27. The van der Waals surface area contributed by atoms with Crippen LogP contribution in [-0.2, 0) is 6.42 Å². The van der Waals surface area contributed by atoms with Crippen molar-refractivity contribution in [3.63, 3.8) is 0 Å². The van der Waals surface area contributed by atoms with E-state index in [0.717, 1.165) is 12.0 Å². The van der Waals surface area contributed by atoms with E-state index in [4.69, 9.17) is 23.1 Å². The van der Waals surface area contributed by atoms with Crippen molar-refractivity contribution in [3.05, 3.63) is 53.2 Å². The van der Waals surface area contributed by atoms with Crippen molar-refractivity contribution in [1.29, 1.82) is 0 Å². The molecular weight excluding hydrogens is 459 g/mol. The quantitative estimate of drug-likeness (QED) is 0.351. The molecule has 176 valence electrons. The lowest BCUT2D eigenvalue weighted by Gasteiger charge is -2.28. The lowest BCUT2D eigenvalue weighted by Crippen LogP contribution is -2.37. The fourth-order valence-corrected chi connectivity index (χ4v) is 6.38. The Bertz CT molecular complexity index is 1460. The molecule has 0 amide bonds. The van der Waals surface area contributed by atoms with E-state index < -0.39 is 23.4 Å². The first-order chi connectivity index (χ1) is 16.2. The van der Waals surface area contributed by atoms with Crippen LogP contribution in [0.3, 0.4) is 0 Å². The molecule has 2 aliphatic carbocycles. The number of nitrogens with two attached hydrogens (primary N) is 2. The average molecular weight is 483 g/mol. The normalized spacial score (nSPS) is 29.0. The molecule has 10 heteroatoms. The number of hydrogen-bond acceptors (Lipinski definition) is 7. The van der Waals surface area contributed by atoms with Gasteiger partial charge in [-0.05, 0) is 54.5 Å². The average Bonchev–Trinajstić information content (AvgIpc) is 3.32. The number of halogens is 2. The summed E-state index contributed by atoms with van der Waals surface area (Å²) in [5, 5.41) is 23.4. The van der Waals surface area contributed by atoms with Gasteiger partial charge in [0.2, 0.25) is 0 Å². The molecule has 3 aromatic heterocycles. The van der Waals surface area contributed by atoms with E-state index >= 15 is 0 Å². The lowest BCUT2D eigenvalue weighted by molar-refractivity contribution is -0.0299. The Morgan fingerprint density at radius 3 is 2.79 bits per heavy atom. The molecule has 0 radical (unpaired) electrons. The van der Waals surface area contributed by atoms with Crippen LogP contribution in [-0.4, -0.2) is 41.9 Å². The third-order valence-electron chi connectivity index (χ3n) is 7.98. The largest absolute Gasteiger partial charge is 0.390 e. The van der Waals surface area contributed by atoms with E-state index in [1.54, 1.807) is 0 Å². The van der Waals surface area contributed by atoms with Gasteiger partial charge in [0.1, 0.15) is 35.5 Å². The van der Waals surface area contributed by atoms with Gasteiger partial charge in [-0.2, -0.15) is 0 Å². The molecule has 6 N–H and O–H groups in total. The van der Waals surface area contributed by atoms with E-state index in [-0.39, 0.29) is 28.7 Å². The second-order valence-electron chi connectivity index (χ2n) is 9.67. The minimum absolute atomic E-state index is 0.0184. The Balaban J connectivity index is 1.32. The van der Waals surface area contributed by atoms with Gasteiger partial charge in [0.15, 0.2) is 0 Å². The molecule has 2 fully saturated rings. The molecule has 8 nitrogen and oxygen atoms in total. The van der Waals surface area contributed by atoms with Gasteiger partial charge in [0, 0.05) is 17.0 Å². The second-order valence-corrected chi connectivity index (χ2v) is 10.1. The molecule has 0 bridgehead atoms. The van der Waals surface area contributed by atoms with Crippen molar-refractivity contribution in [2.45, 2.75) is 38.0 Å². The van der Waals surface area contributed by atoms with Gasteiger partial charge in [-0.25, -0.2) is 19.3 Å². The van der Waals surface area contributed by atoms with Gasteiger partial charge >= 0.3 is 0 Å². The van der Waals surface area contributed by atoms with E-state index in [2.05, 4.69) is 15.0 Å². The minimum atomic E-state index is -0.954. The summed E-state index contributed by atoms with van der Waals surface area (Å²) >= 11 is 6.00. The van der Waals surface area contributed by atoms with Crippen LogP contribution in [0.5, 0.6) is 0 Å². The lowest BCUT2D eigenvalue weighted by atomic mass is 9.81. The Kier molecular flexibility index (Phi) is 4.58. The van der Waals surface area contributed by atoms with Crippen LogP contribution in [0, 0.1) is 23.1 Å². The Morgan fingerprint density at radius 2 is 2.00 bits per heavy atom. The monoisotopic (exact) mass is 482 g/mol. The van der Waals surface area contributed by atoms with Crippen molar-refractivity contribution >= 4 is 45.2 Å². The zero-order valence-electron chi connectivity index (χ0n) is 18.4. The number of benzene rings is 1. The van der Waals surface area contributed by atoms with Crippen molar-refractivity contribution in [1.82, 2.24) is 19.5 Å². The van der Waals surface area contributed by atoms with Gasteiger partial charge in [-0.15, -0.1) is 0 Å². The number of aliphatic hydroxyl groups excluding tert-OH is 2. The first-order valence-electron chi connectivity index (χ1n) is 11.2. The third-order valence-corrected chi connectivity index (χ3v) is 8.29. The molecular formula is C24H24ClFN6O2. The van der Waals surface area contributed by atoms with Crippen LogP contribution in [0.1, 0.15) is 24.9 Å². The number of fused-ring (bicyclic) bond motifs is 3. The number of aromatic nitrogens is 4. The summed E-state index contributed by atoms with van der Waals surface area (Å²) in [4.78, 5) is 12.6. The SMILES string of the molecule is CC(Cc1cc(F)c2cc(Cl)c(N)nc2c1)C12C[C@@H]1[C@@H](n1ccc3c(N)ncnc31)C(O)C2O. The number of pyridine rings is 1. The number of anilines is 2. The van der Waals surface area contributed by atoms with Gasteiger partial charge < -0.3 is 26.2 Å². The van der Waals surface area contributed by atoms with Crippen LogP contribution in [0.4, 0.5) is 16.0 Å². The highest BCUT2D eigenvalue weighted by molar-refractivity contribution is 6.33. The molecule has 4 unspecified atom stereocenters. The van der Waals surface area contributed by atoms with Crippen molar-refractivity contribution < 1.29 is 14.6 Å². The maximum atomic E-state index is 14.8. The highest BCUT2D eigenvalue weighted by Gasteiger charge is 2.73. The maximum absolute atomic E-state index is 14.8. The maximum Gasteiger partial charge on any atom is 0.145 e. The number of rotatable bonds is 4. The van der Waals surface area contributed by atoms with Crippen LogP contribution in [0.25, 0.3) is 21.9 Å². The molecule has 4 aromatic rings. The zero-order chi connectivity index (χ0) is 23.9. The number of hydrogen-bond donors (Lipinski definition) is 4. The van der Waals surface area contributed by atoms with Crippen molar-refractivity contribution in [2.24, 2.45) is 17.3 Å². The van der Waals surface area contributed by atoms with Crippen molar-refractivity contribution in [3.8, 4) is 0 Å². The van der Waals surface area contributed by atoms with E-state index in [9.17, 15) is 14.6 Å². The number of aliphatic hydroxyl groups is 2. The van der Waals surface area contributed by atoms with Gasteiger partial charge in [0.05, 0.1) is 28.1 Å². The van der Waals surface area contributed by atoms with E-state index in [0.29, 0.717) is 34.2 Å². The Labute approximate surface area is 199 Å². The van der Waals surface area contributed by atoms with E-state index in [1.807, 2.05) is 29.8 Å². The standard InChI is InChI=1S/C24H24ClFN6O2/c1-10(4-11-5-16(26)13-7-15(25)22(28)31-17(13)6-11)24-8-14(24)18(19(33)20(24)34)32-3-2-12-21(27)29-9-30-23(12)32/h2-3,5-7,9-10,14,18-20,33-34H,4,8H2,1H3,(H2,28,31)(H2,27,29,30)/t10?,14-,18-,19?,20?,24?/m1/s1. The van der Waals surface area contributed by atoms with Crippen LogP contribution < -0.4 is 11.5 Å². The Morgan fingerprint density at radius 1 is 1.21 bits per heavy atom. The summed E-state index contributed by atoms with van der Waals surface area (Å²) in [5.41, 5.74) is 13.1. The molecule has 34 heavy (non-hydrogen) atoms. The molecule has 6 rings (SSSR count). The minimum Gasteiger partial charge on any atom is -0.390 e. The highest BCUT2D eigenvalue weighted by Crippen LogP contribution is 2.71. The van der Waals surface area contributed by atoms with E-state index in [1.165, 1.54) is 18.5 Å². The smallest absolute Gasteiger partial charge is 0.145 e. The molecule has 2 aliphatic rings.